The van der Waals surface area contributed by atoms with Gasteiger partial charge >= 0.3 is 0 Å². The highest BCUT2D eigenvalue weighted by Crippen LogP contribution is 2.25. The maximum atomic E-state index is 12.2. The van der Waals surface area contributed by atoms with Crippen molar-refractivity contribution < 1.29 is 13.5 Å². The van der Waals surface area contributed by atoms with Crippen molar-refractivity contribution in [1.29, 1.82) is 0 Å². The monoisotopic (exact) mass is 259 g/mol. The van der Waals surface area contributed by atoms with E-state index in [0.29, 0.717) is 19.5 Å². The lowest BCUT2D eigenvalue weighted by Crippen LogP contribution is -2.45. The van der Waals surface area contributed by atoms with Crippen LogP contribution in [0.5, 0.6) is 0 Å². The normalized spacial score (nSPS) is 27.2. The summed E-state index contributed by atoms with van der Waals surface area (Å²) in [4.78, 5) is 0.184. The van der Waals surface area contributed by atoms with E-state index in [4.69, 9.17) is 0 Å². The Morgan fingerprint density at radius 2 is 2.41 bits per heavy atom. The number of hydrogen-bond acceptors (Lipinski definition) is 4. The van der Waals surface area contributed by atoms with Gasteiger partial charge in [-0.1, -0.05) is 6.92 Å². The molecule has 1 saturated heterocycles. The zero-order valence-electron chi connectivity index (χ0n) is 9.70. The molecular weight excluding hydrogens is 242 g/mol. The standard InChI is InChI=1S/C10H17N3O3S/c1-2-8-7-13(4-3-10(8)14)17(15,16)9-5-11-12-6-9/h5-6,8,10,14H,2-4,7H2,1H3,(H,11,12). The van der Waals surface area contributed by atoms with E-state index in [1.54, 1.807) is 0 Å². The third kappa shape index (κ3) is 2.36. The van der Waals surface area contributed by atoms with Crippen molar-refractivity contribution in [3.05, 3.63) is 12.4 Å². The summed E-state index contributed by atoms with van der Waals surface area (Å²) in [5.74, 6) is 0.0189. The van der Waals surface area contributed by atoms with Crippen molar-refractivity contribution in [3.63, 3.8) is 0 Å². The first kappa shape index (κ1) is 12.5. The number of aromatic amines is 1. The third-order valence-electron chi connectivity index (χ3n) is 3.29. The number of aliphatic hydroxyl groups excluding tert-OH is 1. The first-order valence-corrected chi connectivity index (χ1v) is 7.16. The SMILES string of the molecule is CCC1CN(S(=O)(=O)c2cn[nH]c2)CCC1O. The molecule has 1 aliphatic rings. The summed E-state index contributed by atoms with van der Waals surface area (Å²) < 4.78 is 25.8. The van der Waals surface area contributed by atoms with Crippen LogP contribution >= 0.6 is 0 Å². The fourth-order valence-corrected chi connectivity index (χ4v) is 3.55. The molecule has 0 aliphatic carbocycles. The van der Waals surface area contributed by atoms with Crippen molar-refractivity contribution in [1.82, 2.24) is 14.5 Å². The van der Waals surface area contributed by atoms with Crippen LogP contribution in [-0.2, 0) is 10.0 Å². The molecule has 0 radical (unpaired) electrons. The summed E-state index contributed by atoms with van der Waals surface area (Å²) >= 11 is 0. The van der Waals surface area contributed by atoms with Crippen molar-refractivity contribution in [3.8, 4) is 0 Å². The number of piperidine rings is 1. The molecule has 6 nitrogen and oxygen atoms in total. The molecule has 2 atom stereocenters. The molecule has 0 amide bonds. The van der Waals surface area contributed by atoms with Crippen molar-refractivity contribution in [2.24, 2.45) is 5.92 Å². The first-order chi connectivity index (χ1) is 8.05. The van der Waals surface area contributed by atoms with Crippen LogP contribution in [0.15, 0.2) is 17.3 Å². The number of H-pyrrole nitrogens is 1. The minimum absolute atomic E-state index is 0.0189. The summed E-state index contributed by atoms with van der Waals surface area (Å²) in [7, 11) is -3.46. The van der Waals surface area contributed by atoms with E-state index in [0.717, 1.165) is 6.42 Å². The predicted molar refractivity (Wildman–Crippen MR) is 61.8 cm³/mol. The number of nitrogens with zero attached hydrogens (tertiary/aromatic N) is 2. The Kier molecular flexibility index (Phi) is 3.50. The second-order valence-corrected chi connectivity index (χ2v) is 6.26. The molecule has 7 heteroatoms. The molecule has 2 N–H and O–H groups in total. The smallest absolute Gasteiger partial charge is 0.246 e. The highest BCUT2D eigenvalue weighted by Gasteiger charge is 2.34. The van der Waals surface area contributed by atoms with Gasteiger partial charge in [0, 0.05) is 19.3 Å². The van der Waals surface area contributed by atoms with E-state index in [-0.39, 0.29) is 10.8 Å². The lowest BCUT2D eigenvalue weighted by atomic mass is 9.94. The molecule has 1 aromatic heterocycles. The average Bonchev–Trinajstić information content (AvgIpc) is 2.83. The minimum Gasteiger partial charge on any atom is -0.393 e. The Balaban J connectivity index is 2.19. The first-order valence-electron chi connectivity index (χ1n) is 5.72. The maximum Gasteiger partial charge on any atom is 0.246 e. The molecule has 1 aromatic rings. The lowest BCUT2D eigenvalue weighted by molar-refractivity contribution is 0.0521. The fraction of sp³-hybridized carbons (Fsp3) is 0.700. The van der Waals surface area contributed by atoms with Crippen LogP contribution in [0, 0.1) is 5.92 Å². The van der Waals surface area contributed by atoms with Crippen LogP contribution < -0.4 is 0 Å². The molecular formula is C10H17N3O3S. The van der Waals surface area contributed by atoms with E-state index in [9.17, 15) is 13.5 Å². The van der Waals surface area contributed by atoms with Crippen LogP contribution in [0.3, 0.4) is 0 Å². The van der Waals surface area contributed by atoms with Crippen molar-refractivity contribution >= 4 is 10.0 Å². The second kappa shape index (κ2) is 4.75. The van der Waals surface area contributed by atoms with E-state index < -0.39 is 16.1 Å². The van der Waals surface area contributed by atoms with Gasteiger partial charge in [0.05, 0.1) is 12.3 Å². The van der Waals surface area contributed by atoms with Gasteiger partial charge in [-0.15, -0.1) is 0 Å². The fourth-order valence-electron chi connectivity index (χ4n) is 2.14. The molecule has 2 heterocycles. The summed E-state index contributed by atoms with van der Waals surface area (Å²) in [6.07, 6.45) is 3.56. The van der Waals surface area contributed by atoms with E-state index in [1.165, 1.54) is 16.7 Å². The number of aromatic nitrogens is 2. The number of sulfonamides is 1. The van der Waals surface area contributed by atoms with Gasteiger partial charge in [-0.3, -0.25) is 5.10 Å². The zero-order valence-corrected chi connectivity index (χ0v) is 10.5. The van der Waals surface area contributed by atoms with Crippen LogP contribution in [0.25, 0.3) is 0 Å². The van der Waals surface area contributed by atoms with Crippen LogP contribution in [-0.4, -0.2) is 47.2 Å². The Morgan fingerprint density at radius 3 is 3.00 bits per heavy atom. The molecule has 0 saturated carbocycles. The molecule has 0 aromatic carbocycles. The molecule has 17 heavy (non-hydrogen) atoms. The Labute approximate surface area is 101 Å². The Bertz CT molecular complexity index is 457. The molecule has 0 bridgehead atoms. The average molecular weight is 259 g/mol. The number of nitrogens with one attached hydrogen (secondary N) is 1. The van der Waals surface area contributed by atoms with E-state index in [2.05, 4.69) is 10.2 Å². The van der Waals surface area contributed by atoms with Gasteiger partial charge in [-0.25, -0.2) is 8.42 Å². The van der Waals surface area contributed by atoms with Crippen molar-refractivity contribution in [2.75, 3.05) is 13.1 Å². The Morgan fingerprint density at radius 1 is 1.65 bits per heavy atom. The molecule has 0 spiro atoms. The Hall–Kier alpha value is -0.920. The van der Waals surface area contributed by atoms with Gasteiger partial charge < -0.3 is 5.11 Å². The molecule has 2 unspecified atom stereocenters. The van der Waals surface area contributed by atoms with Crippen molar-refractivity contribution in [2.45, 2.75) is 30.8 Å². The summed E-state index contributed by atoms with van der Waals surface area (Å²) in [5.41, 5.74) is 0. The van der Waals surface area contributed by atoms with E-state index >= 15 is 0 Å². The summed E-state index contributed by atoms with van der Waals surface area (Å²) in [6.45, 7) is 2.71. The molecule has 96 valence electrons. The van der Waals surface area contributed by atoms with Crippen LogP contribution in [0.2, 0.25) is 0 Å². The molecule has 2 rings (SSSR count). The third-order valence-corrected chi connectivity index (χ3v) is 5.12. The molecule has 1 fully saturated rings. The zero-order chi connectivity index (χ0) is 12.5. The van der Waals surface area contributed by atoms with E-state index in [1.807, 2.05) is 6.92 Å². The van der Waals surface area contributed by atoms with Crippen LogP contribution in [0.1, 0.15) is 19.8 Å². The summed E-state index contributed by atoms with van der Waals surface area (Å²) in [6, 6.07) is 0. The highest BCUT2D eigenvalue weighted by molar-refractivity contribution is 7.89. The van der Waals surface area contributed by atoms with Gasteiger partial charge in [-0.05, 0) is 18.8 Å². The number of hydrogen-bond donors (Lipinski definition) is 2. The highest BCUT2D eigenvalue weighted by atomic mass is 32.2. The second-order valence-electron chi connectivity index (χ2n) is 4.32. The van der Waals surface area contributed by atoms with Crippen LogP contribution in [0.4, 0.5) is 0 Å². The minimum atomic E-state index is -3.46. The topological polar surface area (TPSA) is 86.3 Å². The number of aliphatic hydroxyl groups is 1. The van der Waals surface area contributed by atoms with Gasteiger partial charge in [0.15, 0.2) is 0 Å². The summed E-state index contributed by atoms with van der Waals surface area (Å²) in [5, 5.41) is 15.9. The van der Waals surface area contributed by atoms with Gasteiger partial charge in [0.2, 0.25) is 10.0 Å². The predicted octanol–water partition coefficient (Wildman–Crippen LogP) is 0.191. The van der Waals surface area contributed by atoms with Gasteiger partial charge in [-0.2, -0.15) is 9.40 Å². The largest absolute Gasteiger partial charge is 0.393 e. The molecule has 1 aliphatic heterocycles. The maximum absolute atomic E-state index is 12.2. The quantitative estimate of drug-likeness (QED) is 0.811. The van der Waals surface area contributed by atoms with Gasteiger partial charge in [0.25, 0.3) is 0 Å². The lowest BCUT2D eigenvalue weighted by Gasteiger charge is -2.34. The van der Waals surface area contributed by atoms with Gasteiger partial charge in [0.1, 0.15) is 4.90 Å². The number of rotatable bonds is 3.